The van der Waals surface area contributed by atoms with E-state index >= 15 is 0 Å². The van der Waals surface area contributed by atoms with E-state index in [0.29, 0.717) is 4.48 Å². The van der Waals surface area contributed by atoms with Gasteiger partial charge in [0.15, 0.2) is 0 Å². The smallest absolute Gasteiger partial charge is 0.270 e. The van der Waals surface area contributed by atoms with E-state index in [-0.39, 0.29) is 12.1 Å². The van der Waals surface area contributed by atoms with Crippen molar-refractivity contribution in [2.75, 3.05) is 0 Å². The van der Waals surface area contributed by atoms with Crippen LogP contribution in [0, 0.1) is 0 Å². The van der Waals surface area contributed by atoms with Crippen molar-refractivity contribution in [1.82, 2.24) is 10.3 Å². The number of pyridine rings is 1. The number of rotatable bonds is 5. The first-order valence-electron chi connectivity index (χ1n) is 4.85. The van der Waals surface area contributed by atoms with Crippen molar-refractivity contribution >= 4 is 27.7 Å². The molecule has 6 heteroatoms. The van der Waals surface area contributed by atoms with E-state index in [4.69, 9.17) is 5.73 Å². The highest BCUT2D eigenvalue weighted by molar-refractivity contribution is 9.11. The topological polar surface area (TPSA) is 85.1 Å². The number of hydrogen-bond acceptors (Lipinski definition) is 3. The molecule has 0 saturated heterocycles. The Bertz CT molecular complexity index is 434. The van der Waals surface area contributed by atoms with Crippen molar-refractivity contribution in [3.05, 3.63) is 41.2 Å². The van der Waals surface area contributed by atoms with Crippen molar-refractivity contribution in [2.45, 2.75) is 12.5 Å². The molecule has 5 nitrogen and oxygen atoms in total. The summed E-state index contributed by atoms with van der Waals surface area (Å²) in [6.45, 7) is 3.60. The first-order valence-corrected chi connectivity index (χ1v) is 5.64. The quantitative estimate of drug-likeness (QED) is 0.849. The average molecular weight is 298 g/mol. The van der Waals surface area contributed by atoms with E-state index in [0.717, 1.165) is 0 Å². The van der Waals surface area contributed by atoms with E-state index in [9.17, 15) is 9.59 Å². The molecule has 0 aliphatic rings. The number of halogens is 1. The molecule has 0 aliphatic heterocycles. The maximum absolute atomic E-state index is 11.7. The predicted octanol–water partition coefficient (Wildman–Crippen LogP) is 0.964. The lowest BCUT2D eigenvalue weighted by Crippen LogP contribution is -2.44. The number of amides is 2. The van der Waals surface area contributed by atoms with Gasteiger partial charge >= 0.3 is 0 Å². The normalized spacial score (nSPS) is 11.6. The summed E-state index contributed by atoms with van der Waals surface area (Å²) >= 11 is 3.12. The zero-order valence-electron chi connectivity index (χ0n) is 9.02. The number of hydrogen-bond donors (Lipinski definition) is 2. The van der Waals surface area contributed by atoms with Gasteiger partial charge in [-0.2, -0.15) is 0 Å². The molecule has 1 atom stereocenters. The van der Waals surface area contributed by atoms with E-state index in [1.54, 1.807) is 18.2 Å². The van der Waals surface area contributed by atoms with Gasteiger partial charge in [-0.25, -0.2) is 0 Å². The van der Waals surface area contributed by atoms with Gasteiger partial charge in [0, 0.05) is 12.6 Å². The lowest BCUT2D eigenvalue weighted by atomic mass is 10.2. The van der Waals surface area contributed by atoms with Crippen LogP contribution in [0.15, 0.2) is 35.5 Å². The monoisotopic (exact) mass is 297 g/mol. The zero-order valence-corrected chi connectivity index (χ0v) is 10.6. The Labute approximate surface area is 107 Å². The van der Waals surface area contributed by atoms with Crippen molar-refractivity contribution in [1.29, 1.82) is 0 Å². The fourth-order valence-corrected chi connectivity index (χ4v) is 1.50. The SMILES string of the molecule is C=C(Br)C[C@@H](NC(=O)c1ccccn1)C(N)=O. The Kier molecular flexibility index (Phi) is 4.84. The molecule has 0 aromatic carbocycles. The predicted molar refractivity (Wildman–Crippen MR) is 67.4 cm³/mol. The number of nitrogens with two attached hydrogens (primary N) is 1. The third-order valence-corrected chi connectivity index (χ3v) is 2.30. The molecule has 1 rings (SSSR count). The fraction of sp³-hybridized carbons (Fsp3) is 0.182. The summed E-state index contributed by atoms with van der Waals surface area (Å²) in [5, 5.41) is 2.50. The van der Waals surface area contributed by atoms with Crippen LogP contribution < -0.4 is 11.1 Å². The molecule has 17 heavy (non-hydrogen) atoms. The van der Waals surface area contributed by atoms with Crippen LogP contribution in [0.4, 0.5) is 0 Å². The van der Waals surface area contributed by atoms with Crippen LogP contribution in [0.3, 0.4) is 0 Å². The summed E-state index contributed by atoms with van der Waals surface area (Å²) in [6, 6.07) is 4.14. The molecular weight excluding hydrogens is 286 g/mol. The zero-order chi connectivity index (χ0) is 12.8. The van der Waals surface area contributed by atoms with Gasteiger partial charge in [-0.05, 0) is 16.6 Å². The minimum Gasteiger partial charge on any atom is -0.368 e. The minimum atomic E-state index is -0.795. The molecule has 0 saturated carbocycles. The maximum Gasteiger partial charge on any atom is 0.270 e. The molecule has 0 fully saturated rings. The van der Waals surface area contributed by atoms with E-state index in [1.807, 2.05) is 0 Å². The molecular formula is C11H12BrN3O2. The van der Waals surface area contributed by atoms with Crippen LogP contribution in [0.25, 0.3) is 0 Å². The lowest BCUT2D eigenvalue weighted by molar-refractivity contribution is -0.119. The lowest BCUT2D eigenvalue weighted by Gasteiger charge is -2.14. The highest BCUT2D eigenvalue weighted by Gasteiger charge is 2.19. The van der Waals surface area contributed by atoms with Crippen LogP contribution in [0.2, 0.25) is 0 Å². The first-order chi connectivity index (χ1) is 8.00. The number of nitrogens with one attached hydrogen (secondary N) is 1. The third kappa shape index (κ3) is 4.36. The van der Waals surface area contributed by atoms with Crippen molar-refractivity contribution in [3.63, 3.8) is 0 Å². The van der Waals surface area contributed by atoms with Gasteiger partial charge in [0.25, 0.3) is 5.91 Å². The second-order valence-corrected chi connectivity index (χ2v) is 4.49. The summed E-state index contributed by atoms with van der Waals surface area (Å²) in [6.07, 6.45) is 1.74. The number of aromatic nitrogens is 1. The van der Waals surface area contributed by atoms with E-state index in [1.165, 1.54) is 6.20 Å². The highest BCUT2D eigenvalue weighted by atomic mass is 79.9. The summed E-state index contributed by atoms with van der Waals surface area (Å²) in [5.74, 6) is -1.06. The van der Waals surface area contributed by atoms with Crippen LogP contribution in [-0.2, 0) is 4.79 Å². The van der Waals surface area contributed by atoms with Gasteiger partial charge in [0.05, 0.1) is 0 Å². The fourth-order valence-electron chi connectivity index (χ4n) is 1.17. The maximum atomic E-state index is 11.7. The third-order valence-electron chi connectivity index (χ3n) is 1.97. The molecule has 90 valence electrons. The minimum absolute atomic E-state index is 0.235. The number of primary amides is 1. The number of carbonyl (C=O) groups excluding carboxylic acids is 2. The van der Waals surface area contributed by atoms with Crippen molar-refractivity contribution in [2.24, 2.45) is 5.73 Å². The Balaban J connectivity index is 2.71. The summed E-state index contributed by atoms with van der Waals surface area (Å²) < 4.78 is 0.586. The van der Waals surface area contributed by atoms with Crippen molar-refractivity contribution in [3.8, 4) is 0 Å². The summed E-state index contributed by atoms with van der Waals surface area (Å²) in [5.41, 5.74) is 5.41. The average Bonchev–Trinajstić information content (AvgIpc) is 2.28. The van der Waals surface area contributed by atoms with Gasteiger partial charge < -0.3 is 11.1 Å². The Morgan fingerprint density at radius 3 is 2.71 bits per heavy atom. The van der Waals surface area contributed by atoms with Gasteiger partial charge in [-0.1, -0.05) is 28.6 Å². The van der Waals surface area contributed by atoms with Gasteiger partial charge in [-0.15, -0.1) is 0 Å². The Morgan fingerprint density at radius 1 is 1.53 bits per heavy atom. The van der Waals surface area contributed by atoms with Crippen LogP contribution in [0.5, 0.6) is 0 Å². The summed E-state index contributed by atoms with van der Waals surface area (Å²) in [4.78, 5) is 26.7. The second-order valence-electron chi connectivity index (χ2n) is 3.36. The van der Waals surface area contributed by atoms with Crippen LogP contribution >= 0.6 is 15.9 Å². The molecule has 0 radical (unpaired) electrons. The van der Waals surface area contributed by atoms with E-state index in [2.05, 4.69) is 32.8 Å². The van der Waals surface area contributed by atoms with Gasteiger partial charge in [0.1, 0.15) is 11.7 Å². The molecule has 1 aromatic heterocycles. The van der Waals surface area contributed by atoms with Crippen LogP contribution in [0.1, 0.15) is 16.9 Å². The first kappa shape index (κ1) is 13.4. The Hall–Kier alpha value is -1.69. The molecule has 1 aromatic rings. The van der Waals surface area contributed by atoms with E-state index < -0.39 is 17.9 Å². The van der Waals surface area contributed by atoms with Crippen molar-refractivity contribution < 1.29 is 9.59 Å². The number of nitrogens with zero attached hydrogens (tertiary/aromatic N) is 1. The molecule has 0 spiro atoms. The molecule has 0 bridgehead atoms. The summed E-state index contributed by atoms with van der Waals surface area (Å²) in [7, 11) is 0. The van der Waals surface area contributed by atoms with Gasteiger partial charge in [0.2, 0.25) is 5.91 Å². The second kappa shape index (κ2) is 6.15. The molecule has 3 N–H and O–H groups in total. The largest absolute Gasteiger partial charge is 0.368 e. The number of carbonyl (C=O) groups is 2. The van der Waals surface area contributed by atoms with Crippen LogP contribution in [-0.4, -0.2) is 22.8 Å². The highest BCUT2D eigenvalue weighted by Crippen LogP contribution is 2.10. The molecule has 2 amide bonds. The molecule has 0 aliphatic carbocycles. The van der Waals surface area contributed by atoms with Gasteiger partial charge in [-0.3, -0.25) is 14.6 Å². The molecule has 1 heterocycles. The standard InChI is InChI=1S/C11H12BrN3O2/c1-7(12)6-9(10(13)16)15-11(17)8-4-2-3-5-14-8/h2-5,9H,1,6H2,(H2,13,16)(H,15,17)/t9-/m1/s1. The Morgan fingerprint density at radius 2 is 2.24 bits per heavy atom. The molecule has 0 unspecified atom stereocenters.